The molecule has 5 unspecified atom stereocenters. The van der Waals surface area contributed by atoms with Crippen LogP contribution in [0.25, 0.3) is 6.08 Å². The molecule has 216 valence electrons. The summed E-state index contributed by atoms with van der Waals surface area (Å²) in [5.41, 5.74) is -1.64. The molecule has 1 saturated heterocycles. The summed E-state index contributed by atoms with van der Waals surface area (Å²) in [6.45, 7) is 5.08. The van der Waals surface area contributed by atoms with Crippen molar-refractivity contribution in [3.05, 3.63) is 95.8 Å². The van der Waals surface area contributed by atoms with Crippen molar-refractivity contribution in [1.29, 1.82) is 0 Å². The quantitative estimate of drug-likeness (QED) is 0.245. The van der Waals surface area contributed by atoms with E-state index in [1.165, 1.54) is 31.2 Å². The van der Waals surface area contributed by atoms with E-state index in [9.17, 15) is 24.6 Å². The van der Waals surface area contributed by atoms with Crippen LogP contribution < -0.4 is 5.32 Å². The predicted octanol–water partition coefficient (Wildman–Crippen LogP) is 4.34. The third kappa shape index (κ3) is 5.78. The molecule has 0 radical (unpaired) electrons. The van der Waals surface area contributed by atoms with Crippen LogP contribution in [0.1, 0.15) is 49.8 Å². The van der Waals surface area contributed by atoms with Crippen LogP contribution in [-0.4, -0.2) is 56.4 Å². The third-order valence-corrected chi connectivity index (χ3v) is 8.44. The fourth-order valence-corrected chi connectivity index (χ4v) is 5.98. The summed E-state index contributed by atoms with van der Waals surface area (Å²) < 4.78 is 22.5. The van der Waals surface area contributed by atoms with Gasteiger partial charge in [-0.15, -0.1) is 0 Å². The number of piperidine rings is 1. The van der Waals surface area contributed by atoms with E-state index in [-0.39, 0.29) is 18.6 Å². The molecule has 0 saturated carbocycles. The van der Waals surface area contributed by atoms with Gasteiger partial charge >= 0.3 is 17.9 Å². The van der Waals surface area contributed by atoms with Gasteiger partial charge in [0.05, 0.1) is 23.8 Å². The molecule has 3 aromatic rings. The number of imidazole rings is 1. The largest absolute Gasteiger partial charge is 0.481 e. The molecule has 1 fully saturated rings. The molecule has 5 atom stereocenters. The lowest BCUT2D eigenvalue weighted by atomic mass is 9.51. The number of carboxylic acid groups (broad SMARTS) is 2. The number of nitrogens with one attached hydrogen (secondary N) is 1. The maximum absolute atomic E-state index is 15.2. The highest BCUT2D eigenvalue weighted by atomic mass is 19.1. The number of hydrogen-bond donors (Lipinski definition) is 3. The molecule has 3 N–H and O–H groups in total. The van der Waals surface area contributed by atoms with Gasteiger partial charge in [-0.25, -0.2) is 14.2 Å². The van der Waals surface area contributed by atoms with Crippen molar-refractivity contribution in [3.63, 3.8) is 0 Å². The van der Waals surface area contributed by atoms with Crippen LogP contribution in [0.15, 0.2) is 73.3 Å². The summed E-state index contributed by atoms with van der Waals surface area (Å²) in [5, 5.41) is 24.0. The molecule has 1 aliphatic heterocycles. The highest BCUT2D eigenvalue weighted by molar-refractivity contribution is 5.87. The number of halogens is 1. The molecule has 10 heteroatoms. The average Bonchev–Trinajstić information content (AvgIpc) is 3.44. The van der Waals surface area contributed by atoms with Crippen LogP contribution in [0.4, 0.5) is 4.39 Å². The standard InChI is InChI=1S/C31H34FN3O6/c1-20-30(3,28(37)38)27(24-6-4-5-7-25(24)32)31(29(39)40,21(2)34-20)14-17-41-26(36)13-12-22-8-10-23(11-9-22)18-35-16-15-33-19-35/h4-13,15-16,19-21,27,34H,14,17-18H2,1-3H3,(H,37,38)(H,39,40)/b13-12+. The summed E-state index contributed by atoms with van der Waals surface area (Å²) in [4.78, 5) is 42.2. The van der Waals surface area contributed by atoms with E-state index in [1.807, 2.05) is 35.0 Å². The number of benzene rings is 2. The summed E-state index contributed by atoms with van der Waals surface area (Å²) in [5.74, 6) is -5.17. The highest BCUT2D eigenvalue weighted by Gasteiger charge is 2.65. The Balaban J connectivity index is 1.52. The second-order valence-corrected chi connectivity index (χ2v) is 10.7. The lowest BCUT2D eigenvalue weighted by Crippen LogP contribution is -2.69. The van der Waals surface area contributed by atoms with E-state index in [1.54, 1.807) is 38.5 Å². The number of carboxylic acids is 2. The zero-order chi connectivity index (χ0) is 29.8. The van der Waals surface area contributed by atoms with Crippen LogP contribution in [0.3, 0.4) is 0 Å². The lowest BCUT2D eigenvalue weighted by Gasteiger charge is -2.56. The lowest BCUT2D eigenvalue weighted by molar-refractivity contribution is -0.173. The number of carbonyl (C=O) groups excluding carboxylic acids is 1. The monoisotopic (exact) mass is 563 g/mol. The SMILES string of the molecule is CC1NC(C)C(CCOC(=O)/C=C/c2ccc(Cn3ccnc3)cc2)(C(=O)O)C(c2ccccc2F)C1(C)C(=O)O. The molecule has 0 amide bonds. The molecule has 9 nitrogen and oxygen atoms in total. The van der Waals surface area contributed by atoms with Gasteiger partial charge in [0, 0.05) is 43.0 Å². The third-order valence-electron chi connectivity index (χ3n) is 8.44. The summed E-state index contributed by atoms with van der Waals surface area (Å²) >= 11 is 0. The van der Waals surface area contributed by atoms with E-state index in [2.05, 4.69) is 10.3 Å². The van der Waals surface area contributed by atoms with Crippen molar-refractivity contribution in [2.24, 2.45) is 10.8 Å². The Morgan fingerprint density at radius 2 is 1.78 bits per heavy atom. The Kier molecular flexibility index (Phi) is 8.72. The number of carbonyl (C=O) groups is 3. The number of rotatable bonds is 10. The van der Waals surface area contributed by atoms with Crippen molar-refractivity contribution >= 4 is 24.0 Å². The first-order valence-electron chi connectivity index (χ1n) is 13.4. The number of ether oxygens (including phenoxy) is 1. The van der Waals surface area contributed by atoms with Gasteiger partial charge in [-0.3, -0.25) is 9.59 Å². The van der Waals surface area contributed by atoms with Gasteiger partial charge in [0.25, 0.3) is 0 Å². The average molecular weight is 564 g/mol. The maximum atomic E-state index is 15.2. The summed E-state index contributed by atoms with van der Waals surface area (Å²) in [6.07, 6.45) is 7.91. The predicted molar refractivity (Wildman–Crippen MR) is 149 cm³/mol. The molecule has 0 bridgehead atoms. The zero-order valence-electron chi connectivity index (χ0n) is 23.2. The molecule has 0 aliphatic carbocycles. The second-order valence-electron chi connectivity index (χ2n) is 10.7. The van der Waals surface area contributed by atoms with E-state index >= 15 is 4.39 Å². The van der Waals surface area contributed by atoms with Crippen LogP contribution in [-0.2, 0) is 25.7 Å². The molecule has 2 heterocycles. The smallest absolute Gasteiger partial charge is 0.330 e. The molecular weight excluding hydrogens is 529 g/mol. The summed E-state index contributed by atoms with van der Waals surface area (Å²) in [6, 6.07) is 11.8. The minimum atomic E-state index is -1.79. The number of nitrogens with zero attached hydrogens (tertiary/aromatic N) is 2. The van der Waals surface area contributed by atoms with Crippen LogP contribution >= 0.6 is 0 Å². The Morgan fingerprint density at radius 1 is 1.07 bits per heavy atom. The molecule has 2 aromatic carbocycles. The topological polar surface area (TPSA) is 131 Å². The van der Waals surface area contributed by atoms with Gasteiger partial charge in [0.15, 0.2) is 0 Å². The van der Waals surface area contributed by atoms with Gasteiger partial charge in [-0.1, -0.05) is 42.5 Å². The first-order valence-corrected chi connectivity index (χ1v) is 13.4. The van der Waals surface area contributed by atoms with Crippen molar-refractivity contribution in [2.75, 3.05) is 6.61 Å². The maximum Gasteiger partial charge on any atom is 0.330 e. The van der Waals surface area contributed by atoms with Crippen molar-refractivity contribution in [2.45, 2.75) is 51.7 Å². The molecule has 4 rings (SSSR count). The Hall–Kier alpha value is -4.31. The zero-order valence-corrected chi connectivity index (χ0v) is 23.2. The minimum absolute atomic E-state index is 0.00251. The van der Waals surface area contributed by atoms with Gasteiger partial charge in [0.2, 0.25) is 0 Å². The number of esters is 1. The van der Waals surface area contributed by atoms with Gasteiger partial charge in [0.1, 0.15) is 5.82 Å². The number of hydrogen-bond acceptors (Lipinski definition) is 6. The Morgan fingerprint density at radius 3 is 2.39 bits per heavy atom. The molecule has 41 heavy (non-hydrogen) atoms. The van der Waals surface area contributed by atoms with E-state index < -0.39 is 52.6 Å². The van der Waals surface area contributed by atoms with Crippen LogP contribution in [0.2, 0.25) is 0 Å². The van der Waals surface area contributed by atoms with E-state index in [0.29, 0.717) is 6.54 Å². The Bertz CT molecular complexity index is 1420. The Labute approximate surface area is 237 Å². The number of aliphatic carboxylic acids is 2. The summed E-state index contributed by atoms with van der Waals surface area (Å²) in [7, 11) is 0. The molecule has 0 spiro atoms. The van der Waals surface area contributed by atoms with Gasteiger partial charge in [-0.05, 0) is 56.0 Å². The van der Waals surface area contributed by atoms with Gasteiger partial charge < -0.3 is 24.8 Å². The second kappa shape index (κ2) is 12.1. The molecule has 1 aromatic heterocycles. The normalized spacial score (nSPS) is 26.1. The van der Waals surface area contributed by atoms with E-state index in [4.69, 9.17) is 4.74 Å². The van der Waals surface area contributed by atoms with E-state index in [0.717, 1.165) is 11.1 Å². The molecular formula is C31H34FN3O6. The van der Waals surface area contributed by atoms with Crippen LogP contribution in [0.5, 0.6) is 0 Å². The van der Waals surface area contributed by atoms with Crippen molar-refractivity contribution < 1.29 is 33.7 Å². The molecule has 1 aliphatic rings. The highest BCUT2D eigenvalue weighted by Crippen LogP contribution is 2.57. The first-order chi connectivity index (χ1) is 19.5. The van der Waals surface area contributed by atoms with Gasteiger partial charge in [-0.2, -0.15) is 0 Å². The fraction of sp³-hybridized carbons (Fsp3) is 0.355. The fourth-order valence-electron chi connectivity index (χ4n) is 5.98. The van der Waals surface area contributed by atoms with Crippen molar-refractivity contribution in [3.8, 4) is 0 Å². The first kappa shape index (κ1) is 29.7. The van der Waals surface area contributed by atoms with Crippen molar-refractivity contribution in [1.82, 2.24) is 14.9 Å². The number of aromatic nitrogens is 2. The van der Waals surface area contributed by atoms with Crippen LogP contribution in [0, 0.1) is 16.6 Å². The minimum Gasteiger partial charge on any atom is -0.481 e.